The first-order valence-corrected chi connectivity index (χ1v) is 9.17. The molecule has 0 unspecified atom stereocenters. The molecule has 3 aromatic rings. The van der Waals surface area contributed by atoms with Crippen LogP contribution in [0.1, 0.15) is 26.2 Å². The fourth-order valence-corrected chi connectivity index (χ4v) is 3.49. The summed E-state index contributed by atoms with van der Waals surface area (Å²) in [5.41, 5.74) is 2.12. The van der Waals surface area contributed by atoms with E-state index < -0.39 is 0 Å². The third-order valence-electron chi connectivity index (χ3n) is 4.84. The van der Waals surface area contributed by atoms with Gasteiger partial charge in [-0.1, -0.05) is 24.3 Å². The van der Waals surface area contributed by atoms with Crippen molar-refractivity contribution in [2.24, 2.45) is 0 Å². The Morgan fingerprint density at radius 1 is 1.26 bits per heavy atom. The molecule has 1 aliphatic carbocycles. The van der Waals surface area contributed by atoms with E-state index >= 15 is 0 Å². The minimum absolute atomic E-state index is 0.0243. The van der Waals surface area contributed by atoms with Crippen LogP contribution in [0.5, 0.6) is 0 Å². The number of hydrogen-bond acceptors (Lipinski definition) is 4. The monoisotopic (exact) mass is 363 g/mol. The van der Waals surface area contributed by atoms with Crippen molar-refractivity contribution in [2.45, 2.75) is 32.7 Å². The van der Waals surface area contributed by atoms with Crippen molar-refractivity contribution in [1.82, 2.24) is 24.2 Å². The van der Waals surface area contributed by atoms with Crippen LogP contribution in [0, 0.1) is 0 Å². The number of rotatable bonds is 5. The largest absolute Gasteiger partial charge is 0.315 e. The second-order valence-corrected chi connectivity index (χ2v) is 6.53. The van der Waals surface area contributed by atoms with Gasteiger partial charge < -0.3 is 4.90 Å². The molecule has 0 radical (unpaired) electrons. The van der Waals surface area contributed by atoms with Crippen molar-refractivity contribution < 1.29 is 4.79 Å². The second-order valence-electron chi connectivity index (χ2n) is 6.53. The van der Waals surface area contributed by atoms with E-state index in [4.69, 9.17) is 0 Å². The van der Waals surface area contributed by atoms with Gasteiger partial charge >= 0.3 is 0 Å². The van der Waals surface area contributed by atoms with Crippen molar-refractivity contribution in [1.29, 1.82) is 0 Å². The molecule has 1 aliphatic rings. The van der Waals surface area contributed by atoms with Gasteiger partial charge in [-0.25, -0.2) is 9.67 Å². The van der Waals surface area contributed by atoms with Gasteiger partial charge in [-0.05, 0) is 38.3 Å². The lowest BCUT2D eigenvalue weighted by molar-refractivity contribution is -0.129. The molecule has 1 amide bonds. The SMILES string of the molecule is CCN(C(=O)Cn1cnc2c(cnn2-c2ccccc2)c1=O)C1=CCCC1. The molecule has 138 valence electrons. The van der Waals surface area contributed by atoms with E-state index in [0.29, 0.717) is 17.6 Å². The van der Waals surface area contributed by atoms with E-state index in [1.807, 2.05) is 37.3 Å². The molecule has 0 bridgehead atoms. The van der Waals surface area contributed by atoms with Gasteiger partial charge in [0.25, 0.3) is 5.56 Å². The van der Waals surface area contributed by atoms with Crippen LogP contribution >= 0.6 is 0 Å². The quantitative estimate of drug-likeness (QED) is 0.698. The van der Waals surface area contributed by atoms with Gasteiger partial charge in [-0.3, -0.25) is 14.2 Å². The lowest BCUT2D eigenvalue weighted by atomic mass is 10.3. The smallest absolute Gasteiger partial charge is 0.264 e. The molecule has 0 fully saturated rings. The number of carbonyl (C=O) groups is 1. The average molecular weight is 363 g/mol. The van der Waals surface area contributed by atoms with Crippen molar-refractivity contribution in [3.8, 4) is 5.69 Å². The normalized spacial score (nSPS) is 13.7. The first-order valence-electron chi connectivity index (χ1n) is 9.17. The fraction of sp³-hybridized carbons (Fsp3) is 0.300. The molecule has 0 N–H and O–H groups in total. The highest BCUT2D eigenvalue weighted by molar-refractivity contribution is 5.79. The molecular weight excluding hydrogens is 342 g/mol. The molecule has 2 aromatic heterocycles. The van der Waals surface area contributed by atoms with Gasteiger partial charge in [0.05, 0.1) is 11.9 Å². The van der Waals surface area contributed by atoms with Gasteiger partial charge in [0.15, 0.2) is 5.65 Å². The number of fused-ring (bicyclic) bond motifs is 1. The molecule has 0 saturated carbocycles. The van der Waals surface area contributed by atoms with Crippen LogP contribution in [0.25, 0.3) is 16.7 Å². The fourth-order valence-electron chi connectivity index (χ4n) is 3.49. The molecule has 7 nitrogen and oxygen atoms in total. The van der Waals surface area contributed by atoms with Crippen LogP contribution in [0.15, 0.2) is 59.4 Å². The summed E-state index contributed by atoms with van der Waals surface area (Å²) in [6.45, 7) is 2.52. The van der Waals surface area contributed by atoms with E-state index in [-0.39, 0.29) is 18.0 Å². The summed E-state index contributed by atoms with van der Waals surface area (Å²) in [6.07, 6.45) is 8.04. The summed E-state index contributed by atoms with van der Waals surface area (Å²) in [7, 11) is 0. The summed E-state index contributed by atoms with van der Waals surface area (Å²) in [5.74, 6) is -0.0932. The number of amides is 1. The van der Waals surface area contributed by atoms with Crippen LogP contribution in [0.4, 0.5) is 0 Å². The molecule has 0 aliphatic heterocycles. The Morgan fingerprint density at radius 3 is 2.78 bits per heavy atom. The maximum atomic E-state index is 12.8. The van der Waals surface area contributed by atoms with Crippen molar-refractivity contribution in [2.75, 3.05) is 6.54 Å². The summed E-state index contributed by atoms with van der Waals surface area (Å²) < 4.78 is 2.99. The highest BCUT2D eigenvalue weighted by Gasteiger charge is 2.20. The van der Waals surface area contributed by atoms with Gasteiger partial charge in [0, 0.05) is 12.2 Å². The highest BCUT2D eigenvalue weighted by atomic mass is 16.2. The highest BCUT2D eigenvalue weighted by Crippen LogP contribution is 2.21. The zero-order valence-corrected chi connectivity index (χ0v) is 15.2. The molecule has 0 spiro atoms. The lowest BCUT2D eigenvalue weighted by Gasteiger charge is -2.22. The van der Waals surface area contributed by atoms with Crippen molar-refractivity contribution in [3.63, 3.8) is 0 Å². The number of para-hydroxylation sites is 1. The summed E-state index contributed by atoms with van der Waals surface area (Å²) in [5, 5.41) is 4.70. The van der Waals surface area contributed by atoms with Crippen LogP contribution in [0.2, 0.25) is 0 Å². The van der Waals surface area contributed by atoms with E-state index in [1.165, 1.54) is 17.1 Å². The van der Waals surface area contributed by atoms with Crippen LogP contribution in [-0.2, 0) is 11.3 Å². The maximum Gasteiger partial charge on any atom is 0.264 e. The van der Waals surface area contributed by atoms with Crippen LogP contribution in [-0.4, -0.2) is 36.7 Å². The van der Waals surface area contributed by atoms with Gasteiger partial charge in [-0.2, -0.15) is 5.10 Å². The molecule has 0 saturated heterocycles. The Kier molecular flexibility index (Phi) is 4.58. The number of hydrogen-bond donors (Lipinski definition) is 0. The minimum atomic E-state index is -0.257. The van der Waals surface area contributed by atoms with Crippen molar-refractivity contribution in [3.05, 3.63) is 65.0 Å². The minimum Gasteiger partial charge on any atom is -0.315 e. The number of benzene rings is 1. The zero-order valence-electron chi connectivity index (χ0n) is 15.2. The Bertz CT molecular complexity index is 1060. The Labute approximate surface area is 156 Å². The van der Waals surface area contributed by atoms with Crippen molar-refractivity contribution >= 4 is 16.9 Å². The summed E-state index contributed by atoms with van der Waals surface area (Å²) >= 11 is 0. The Morgan fingerprint density at radius 2 is 2.07 bits per heavy atom. The number of nitrogens with zero attached hydrogens (tertiary/aromatic N) is 5. The number of aromatic nitrogens is 4. The Balaban J connectivity index is 1.65. The first kappa shape index (κ1) is 17.2. The van der Waals surface area contributed by atoms with E-state index in [2.05, 4.69) is 16.2 Å². The van der Waals surface area contributed by atoms with Crippen LogP contribution < -0.4 is 5.56 Å². The predicted molar refractivity (Wildman–Crippen MR) is 102 cm³/mol. The third-order valence-corrected chi connectivity index (χ3v) is 4.84. The van der Waals surface area contributed by atoms with Gasteiger partial charge in [0.2, 0.25) is 5.91 Å². The average Bonchev–Trinajstić information content (AvgIpc) is 3.36. The van der Waals surface area contributed by atoms with Gasteiger partial charge in [0.1, 0.15) is 18.3 Å². The number of likely N-dealkylation sites (N-methyl/N-ethyl adjacent to an activating group) is 1. The van der Waals surface area contributed by atoms with E-state index in [9.17, 15) is 9.59 Å². The first-order chi connectivity index (χ1) is 13.2. The summed E-state index contributed by atoms with van der Waals surface area (Å²) in [6, 6.07) is 9.52. The van der Waals surface area contributed by atoms with Gasteiger partial charge in [-0.15, -0.1) is 0 Å². The standard InChI is InChI=1S/C20H21N5O2/c1-2-24(15-8-6-7-9-15)18(26)13-23-14-21-19-17(20(23)27)12-22-25(19)16-10-4-3-5-11-16/h3-5,8,10-12,14H,2,6-7,9,13H2,1H3. The Hall–Kier alpha value is -3.22. The number of allylic oxidation sites excluding steroid dienone is 2. The third kappa shape index (κ3) is 3.16. The van der Waals surface area contributed by atoms with E-state index in [1.54, 1.807) is 9.58 Å². The molecule has 4 rings (SSSR count). The topological polar surface area (TPSA) is 73.0 Å². The molecule has 27 heavy (non-hydrogen) atoms. The molecular formula is C20H21N5O2. The molecule has 1 aromatic carbocycles. The second kappa shape index (κ2) is 7.19. The van der Waals surface area contributed by atoms with Crippen LogP contribution in [0.3, 0.4) is 0 Å². The number of carbonyl (C=O) groups excluding carboxylic acids is 1. The molecule has 2 heterocycles. The lowest BCUT2D eigenvalue weighted by Crippen LogP contribution is -2.35. The van der Waals surface area contributed by atoms with E-state index in [0.717, 1.165) is 30.6 Å². The maximum absolute atomic E-state index is 12.8. The predicted octanol–water partition coefficient (Wildman–Crippen LogP) is 2.50. The zero-order chi connectivity index (χ0) is 18.8. The summed E-state index contributed by atoms with van der Waals surface area (Å²) in [4.78, 5) is 31.7. The molecule has 7 heteroatoms. The molecule has 0 atom stereocenters.